The Labute approximate surface area is 188 Å². The highest BCUT2D eigenvalue weighted by Gasteiger charge is 2.40. The van der Waals surface area contributed by atoms with Gasteiger partial charge in [-0.3, -0.25) is 4.90 Å². The average molecular weight is 443 g/mol. The largest absolute Gasteiger partial charge is 0.496 e. The van der Waals surface area contributed by atoms with Gasteiger partial charge in [0.2, 0.25) is 0 Å². The summed E-state index contributed by atoms with van der Waals surface area (Å²) in [6, 6.07) is 13.9. The number of alkyl halides is 1. The van der Waals surface area contributed by atoms with Crippen LogP contribution in [0, 0.1) is 0 Å². The summed E-state index contributed by atoms with van der Waals surface area (Å²) in [5.74, 6) is 0.666. The molecule has 4 nitrogen and oxygen atoms in total. The van der Waals surface area contributed by atoms with E-state index in [9.17, 15) is 9.50 Å². The van der Waals surface area contributed by atoms with E-state index in [1.807, 2.05) is 54.9 Å². The van der Waals surface area contributed by atoms with E-state index < -0.39 is 11.2 Å². The number of thiazole rings is 1. The van der Waals surface area contributed by atoms with E-state index in [-0.39, 0.29) is 13.0 Å². The molecular weight excluding hydrogens is 411 g/mol. The third kappa shape index (κ3) is 4.81. The van der Waals surface area contributed by atoms with Crippen molar-refractivity contribution >= 4 is 11.3 Å². The number of halogens is 1. The number of nitrogens with zero attached hydrogens (tertiary/aromatic N) is 2. The van der Waals surface area contributed by atoms with Crippen molar-refractivity contribution in [2.75, 3.05) is 27.3 Å². The molecule has 0 radical (unpaired) electrons. The third-order valence-corrected chi connectivity index (χ3v) is 6.55. The monoisotopic (exact) mass is 442 g/mol. The van der Waals surface area contributed by atoms with Crippen molar-refractivity contribution in [1.29, 1.82) is 0 Å². The summed E-state index contributed by atoms with van der Waals surface area (Å²) in [7, 11) is 3.60. The van der Waals surface area contributed by atoms with Crippen molar-refractivity contribution in [3.63, 3.8) is 0 Å². The zero-order valence-corrected chi connectivity index (χ0v) is 19.7. The molecule has 0 spiro atoms. The van der Waals surface area contributed by atoms with Crippen molar-refractivity contribution in [1.82, 2.24) is 9.88 Å². The molecule has 2 aromatic carbocycles. The number of hydrogen-bond donors (Lipinski definition) is 1. The maximum atomic E-state index is 14.4. The fraction of sp³-hybridized carbons (Fsp3) is 0.400. The second-order valence-electron chi connectivity index (χ2n) is 8.38. The van der Waals surface area contributed by atoms with E-state index in [1.165, 1.54) is 0 Å². The minimum Gasteiger partial charge on any atom is -0.496 e. The molecule has 0 saturated carbocycles. The number of methoxy groups -OCH3 is 1. The topological polar surface area (TPSA) is 45.6 Å². The highest BCUT2D eigenvalue weighted by molar-refractivity contribution is 7.13. The van der Waals surface area contributed by atoms with Crippen molar-refractivity contribution in [3.8, 4) is 16.3 Å². The van der Waals surface area contributed by atoms with Gasteiger partial charge in [0.1, 0.15) is 16.4 Å². The Hall–Kier alpha value is -2.28. The SMILES string of the molecule is CCN(C)C(CO)(c1ccc(-c2nccs2)cc1)c1cc(CC(C)(C)F)ccc1OC. The first-order valence-corrected chi connectivity index (χ1v) is 11.3. The van der Waals surface area contributed by atoms with E-state index in [1.54, 1.807) is 38.5 Å². The minimum absolute atomic E-state index is 0.146. The molecule has 166 valence electrons. The van der Waals surface area contributed by atoms with Crippen LogP contribution in [0.3, 0.4) is 0 Å². The molecular formula is C25H31FN2O2S. The van der Waals surface area contributed by atoms with Crippen molar-refractivity contribution in [3.05, 3.63) is 70.7 Å². The van der Waals surface area contributed by atoms with Crippen LogP contribution in [-0.4, -0.2) is 48.0 Å². The van der Waals surface area contributed by atoms with Crippen molar-refractivity contribution < 1.29 is 14.2 Å². The Kier molecular flexibility index (Phi) is 7.14. The first-order chi connectivity index (χ1) is 14.7. The van der Waals surface area contributed by atoms with Crippen LogP contribution in [0.25, 0.3) is 10.6 Å². The van der Waals surface area contributed by atoms with E-state index >= 15 is 0 Å². The average Bonchev–Trinajstić information content (AvgIpc) is 3.29. The van der Waals surface area contributed by atoms with Crippen LogP contribution in [0.1, 0.15) is 37.5 Å². The number of ether oxygens (including phenoxy) is 1. The Bertz CT molecular complexity index is 984. The number of rotatable bonds is 9. The van der Waals surface area contributed by atoms with Crippen LogP contribution in [-0.2, 0) is 12.0 Å². The molecule has 0 aliphatic carbocycles. The fourth-order valence-electron chi connectivity index (χ4n) is 4.08. The van der Waals surface area contributed by atoms with Crippen LogP contribution in [0.15, 0.2) is 54.0 Å². The smallest absolute Gasteiger partial charge is 0.124 e. The molecule has 1 N–H and O–H groups in total. The second kappa shape index (κ2) is 9.47. The lowest BCUT2D eigenvalue weighted by atomic mass is 9.80. The number of hydrogen-bond acceptors (Lipinski definition) is 5. The molecule has 6 heteroatoms. The van der Waals surface area contributed by atoms with Gasteiger partial charge in [-0.15, -0.1) is 11.3 Å². The lowest BCUT2D eigenvalue weighted by molar-refractivity contribution is 0.0816. The molecule has 3 aromatic rings. The summed E-state index contributed by atoms with van der Waals surface area (Å²) in [5.41, 5.74) is 1.49. The number of aliphatic hydroxyl groups excluding tert-OH is 1. The first-order valence-electron chi connectivity index (χ1n) is 10.4. The molecule has 1 unspecified atom stereocenters. The third-order valence-electron chi connectivity index (χ3n) is 5.73. The molecule has 31 heavy (non-hydrogen) atoms. The number of benzene rings is 2. The first kappa shape index (κ1) is 23.4. The van der Waals surface area contributed by atoms with E-state index in [2.05, 4.69) is 16.8 Å². The lowest BCUT2D eigenvalue weighted by Gasteiger charge is -2.42. The maximum absolute atomic E-state index is 14.4. The molecule has 0 amide bonds. The van der Waals surface area contributed by atoms with Gasteiger partial charge in [-0.05, 0) is 50.7 Å². The molecule has 1 atom stereocenters. The standard InChI is InChI=1S/C25H31FN2O2S/c1-6-28(4)25(17-29,20-10-8-19(9-11-20)23-27-13-14-31-23)21-15-18(16-24(2,3)26)7-12-22(21)30-5/h7-15,29H,6,16-17H2,1-5H3. The molecule has 1 aromatic heterocycles. The zero-order valence-electron chi connectivity index (χ0n) is 18.9. The van der Waals surface area contributed by atoms with E-state index in [0.29, 0.717) is 12.3 Å². The fourth-order valence-corrected chi connectivity index (χ4v) is 4.72. The van der Waals surface area contributed by atoms with E-state index in [0.717, 1.165) is 27.3 Å². The van der Waals surface area contributed by atoms with Gasteiger partial charge in [0.25, 0.3) is 0 Å². The molecule has 0 saturated heterocycles. The summed E-state index contributed by atoms with van der Waals surface area (Å²) in [6.07, 6.45) is 2.07. The summed E-state index contributed by atoms with van der Waals surface area (Å²) >= 11 is 1.59. The Morgan fingerprint density at radius 2 is 1.87 bits per heavy atom. The predicted octanol–water partition coefficient (Wildman–Crippen LogP) is 5.30. The summed E-state index contributed by atoms with van der Waals surface area (Å²) in [6.45, 7) is 5.76. The van der Waals surface area contributed by atoms with Gasteiger partial charge in [0.05, 0.1) is 19.3 Å². The van der Waals surface area contributed by atoms with Crippen LogP contribution >= 0.6 is 11.3 Å². The predicted molar refractivity (Wildman–Crippen MR) is 126 cm³/mol. The summed E-state index contributed by atoms with van der Waals surface area (Å²) in [4.78, 5) is 6.49. The Balaban J connectivity index is 2.18. The number of likely N-dealkylation sites (N-methyl/N-ethyl adjacent to an activating group) is 1. The minimum atomic E-state index is -1.33. The Morgan fingerprint density at radius 1 is 1.16 bits per heavy atom. The van der Waals surface area contributed by atoms with Crippen molar-refractivity contribution in [2.24, 2.45) is 0 Å². The van der Waals surface area contributed by atoms with E-state index in [4.69, 9.17) is 4.74 Å². The number of aliphatic hydroxyl groups is 1. The normalized spacial score (nSPS) is 13.9. The quantitative estimate of drug-likeness (QED) is 0.489. The zero-order chi connectivity index (χ0) is 22.6. The van der Waals surface area contributed by atoms with Gasteiger partial charge in [-0.25, -0.2) is 9.37 Å². The lowest BCUT2D eigenvalue weighted by Crippen LogP contribution is -2.48. The van der Waals surface area contributed by atoms with Crippen LogP contribution in [0.5, 0.6) is 5.75 Å². The van der Waals surface area contributed by atoms with Gasteiger partial charge in [-0.2, -0.15) is 0 Å². The van der Waals surface area contributed by atoms with Crippen LogP contribution in [0.2, 0.25) is 0 Å². The van der Waals surface area contributed by atoms with Gasteiger partial charge < -0.3 is 9.84 Å². The van der Waals surface area contributed by atoms with Gasteiger partial charge in [-0.1, -0.05) is 37.3 Å². The summed E-state index contributed by atoms with van der Waals surface area (Å²) < 4.78 is 20.1. The van der Waals surface area contributed by atoms with Gasteiger partial charge in [0, 0.05) is 29.1 Å². The number of aromatic nitrogens is 1. The molecule has 0 bridgehead atoms. The molecule has 0 aliphatic heterocycles. The summed E-state index contributed by atoms with van der Waals surface area (Å²) in [5, 5.41) is 13.7. The molecule has 0 aliphatic rings. The van der Waals surface area contributed by atoms with Crippen molar-refractivity contribution in [2.45, 2.75) is 38.4 Å². The second-order valence-corrected chi connectivity index (χ2v) is 9.27. The highest BCUT2D eigenvalue weighted by atomic mass is 32.1. The highest BCUT2D eigenvalue weighted by Crippen LogP contribution is 2.41. The maximum Gasteiger partial charge on any atom is 0.124 e. The molecule has 0 fully saturated rings. The molecule has 1 heterocycles. The molecule has 3 rings (SSSR count). The van der Waals surface area contributed by atoms with Crippen LogP contribution in [0.4, 0.5) is 4.39 Å². The van der Waals surface area contributed by atoms with Gasteiger partial charge in [0.15, 0.2) is 0 Å². The van der Waals surface area contributed by atoms with Crippen LogP contribution < -0.4 is 4.74 Å². The van der Waals surface area contributed by atoms with Gasteiger partial charge >= 0.3 is 0 Å². The Morgan fingerprint density at radius 3 is 2.39 bits per heavy atom.